The van der Waals surface area contributed by atoms with Crippen LogP contribution in [-0.4, -0.2) is 11.9 Å². The predicted molar refractivity (Wildman–Crippen MR) is 79.0 cm³/mol. The minimum atomic E-state index is -0.605. The summed E-state index contributed by atoms with van der Waals surface area (Å²) in [5, 5.41) is 7.10. The summed E-state index contributed by atoms with van der Waals surface area (Å²) in [5.41, 5.74) is 8.03. The number of amides is 1. The van der Waals surface area contributed by atoms with E-state index in [1.165, 1.54) is 5.56 Å². The average Bonchev–Trinajstić information content (AvgIpc) is 2.91. The Morgan fingerprint density at radius 3 is 2.68 bits per heavy atom. The fourth-order valence-corrected chi connectivity index (χ4v) is 2.64. The number of hydrogen-bond acceptors (Lipinski definition) is 3. The molecule has 0 aliphatic carbocycles. The van der Waals surface area contributed by atoms with Crippen LogP contribution in [0.5, 0.6) is 0 Å². The van der Waals surface area contributed by atoms with Crippen LogP contribution in [0, 0.1) is 0 Å². The molecule has 3 nitrogen and oxygen atoms in total. The number of benzene rings is 1. The minimum absolute atomic E-state index is 0.0804. The number of hydrogen-bond donors (Lipinski definition) is 2. The molecular formula is C15H18N2OS. The number of carbonyl (C=O) groups excluding carboxylic acids is 1. The van der Waals surface area contributed by atoms with E-state index in [1.807, 2.05) is 42.6 Å². The van der Waals surface area contributed by atoms with Gasteiger partial charge in [0.15, 0.2) is 0 Å². The molecule has 3 N–H and O–H groups in total. The summed E-state index contributed by atoms with van der Waals surface area (Å²) < 4.78 is 0. The zero-order chi connectivity index (χ0) is 13.7. The van der Waals surface area contributed by atoms with E-state index in [1.54, 1.807) is 11.3 Å². The summed E-state index contributed by atoms with van der Waals surface area (Å²) in [5.74, 6) is -0.131. The van der Waals surface area contributed by atoms with Gasteiger partial charge in [0.1, 0.15) is 6.04 Å². The highest BCUT2D eigenvalue weighted by molar-refractivity contribution is 7.07. The third-order valence-corrected chi connectivity index (χ3v) is 3.68. The van der Waals surface area contributed by atoms with Gasteiger partial charge in [-0.25, -0.2) is 0 Å². The minimum Gasteiger partial charge on any atom is -0.352 e. The third-order valence-electron chi connectivity index (χ3n) is 2.95. The van der Waals surface area contributed by atoms with Crippen molar-refractivity contribution in [1.29, 1.82) is 0 Å². The van der Waals surface area contributed by atoms with Gasteiger partial charge in [-0.05, 0) is 41.3 Å². The van der Waals surface area contributed by atoms with Crippen molar-refractivity contribution in [3.63, 3.8) is 0 Å². The molecule has 2 unspecified atom stereocenters. The summed E-state index contributed by atoms with van der Waals surface area (Å²) >= 11 is 1.67. The molecule has 0 spiro atoms. The summed E-state index contributed by atoms with van der Waals surface area (Å²) in [6.07, 6.45) is 0.830. The van der Waals surface area contributed by atoms with Gasteiger partial charge in [0.25, 0.3) is 0 Å². The quantitative estimate of drug-likeness (QED) is 0.880. The second-order valence-corrected chi connectivity index (χ2v) is 5.41. The Morgan fingerprint density at radius 2 is 2.05 bits per heavy atom. The van der Waals surface area contributed by atoms with E-state index >= 15 is 0 Å². The molecule has 19 heavy (non-hydrogen) atoms. The van der Waals surface area contributed by atoms with Gasteiger partial charge in [0.05, 0.1) is 0 Å². The third kappa shape index (κ3) is 3.91. The van der Waals surface area contributed by atoms with Gasteiger partial charge in [-0.3, -0.25) is 4.79 Å². The Hall–Kier alpha value is -1.65. The number of thiophene rings is 1. The van der Waals surface area contributed by atoms with Crippen LogP contribution < -0.4 is 11.1 Å². The molecule has 0 radical (unpaired) electrons. The first kappa shape index (κ1) is 13.8. The monoisotopic (exact) mass is 274 g/mol. The first-order valence-corrected chi connectivity index (χ1v) is 7.23. The maximum absolute atomic E-state index is 12.0. The Labute approximate surface area is 117 Å². The van der Waals surface area contributed by atoms with Crippen molar-refractivity contribution >= 4 is 17.2 Å². The van der Waals surface area contributed by atoms with Crippen LogP contribution in [0.1, 0.15) is 24.1 Å². The van der Waals surface area contributed by atoms with Crippen LogP contribution in [-0.2, 0) is 11.2 Å². The summed E-state index contributed by atoms with van der Waals surface area (Å²) in [6, 6.07) is 11.0. The molecule has 4 heteroatoms. The second kappa shape index (κ2) is 6.50. The van der Waals surface area contributed by atoms with Gasteiger partial charge in [-0.1, -0.05) is 30.3 Å². The van der Waals surface area contributed by atoms with Crippen molar-refractivity contribution in [2.45, 2.75) is 25.4 Å². The highest BCUT2D eigenvalue weighted by Crippen LogP contribution is 2.11. The summed E-state index contributed by atoms with van der Waals surface area (Å²) in [7, 11) is 0. The van der Waals surface area contributed by atoms with E-state index in [0.29, 0.717) is 0 Å². The molecule has 1 aromatic carbocycles. The van der Waals surface area contributed by atoms with Crippen LogP contribution in [0.2, 0.25) is 0 Å². The molecule has 0 aliphatic heterocycles. The fraction of sp³-hybridized carbons (Fsp3) is 0.267. The molecule has 100 valence electrons. The largest absolute Gasteiger partial charge is 0.352 e. The topological polar surface area (TPSA) is 55.1 Å². The van der Waals surface area contributed by atoms with Gasteiger partial charge >= 0.3 is 0 Å². The smallest absolute Gasteiger partial charge is 0.241 e. The SMILES string of the molecule is CC(Cc1ccsc1)NC(=O)C(N)c1ccccc1. The van der Waals surface area contributed by atoms with Crippen molar-refractivity contribution in [2.75, 3.05) is 0 Å². The van der Waals surface area contributed by atoms with Gasteiger partial charge < -0.3 is 11.1 Å². The highest BCUT2D eigenvalue weighted by atomic mass is 32.1. The van der Waals surface area contributed by atoms with Gasteiger partial charge in [-0.15, -0.1) is 0 Å². The van der Waals surface area contributed by atoms with Crippen molar-refractivity contribution in [3.8, 4) is 0 Å². The van der Waals surface area contributed by atoms with Gasteiger partial charge in [0, 0.05) is 6.04 Å². The van der Waals surface area contributed by atoms with Crippen LogP contribution >= 0.6 is 11.3 Å². The van der Waals surface area contributed by atoms with Crippen LogP contribution in [0.25, 0.3) is 0 Å². The van der Waals surface area contributed by atoms with E-state index in [9.17, 15) is 4.79 Å². The van der Waals surface area contributed by atoms with Gasteiger partial charge in [-0.2, -0.15) is 11.3 Å². The first-order chi connectivity index (χ1) is 9.16. The Bertz CT molecular complexity index is 510. The first-order valence-electron chi connectivity index (χ1n) is 6.29. The van der Waals surface area contributed by atoms with Crippen molar-refractivity contribution in [3.05, 3.63) is 58.3 Å². The molecule has 0 fully saturated rings. The fourth-order valence-electron chi connectivity index (χ4n) is 1.96. The number of nitrogens with one attached hydrogen (secondary N) is 1. The lowest BCUT2D eigenvalue weighted by Gasteiger charge is -2.17. The second-order valence-electron chi connectivity index (χ2n) is 4.63. The molecule has 1 aromatic heterocycles. The molecule has 0 saturated carbocycles. The summed E-state index contributed by atoms with van der Waals surface area (Å²) in [4.78, 5) is 12.0. The zero-order valence-corrected chi connectivity index (χ0v) is 11.7. The van der Waals surface area contributed by atoms with Crippen LogP contribution in [0.15, 0.2) is 47.2 Å². The van der Waals surface area contributed by atoms with Crippen LogP contribution in [0.3, 0.4) is 0 Å². The average molecular weight is 274 g/mol. The Morgan fingerprint density at radius 1 is 1.32 bits per heavy atom. The van der Waals surface area contributed by atoms with Crippen LogP contribution in [0.4, 0.5) is 0 Å². The normalized spacial score (nSPS) is 13.8. The van der Waals surface area contributed by atoms with Crippen molar-refractivity contribution < 1.29 is 4.79 Å². The lowest BCUT2D eigenvalue weighted by molar-refractivity contribution is -0.123. The molecular weight excluding hydrogens is 256 g/mol. The van der Waals surface area contributed by atoms with E-state index in [0.717, 1.165) is 12.0 Å². The van der Waals surface area contributed by atoms with Gasteiger partial charge in [0.2, 0.25) is 5.91 Å². The zero-order valence-electron chi connectivity index (χ0n) is 10.9. The molecule has 0 aliphatic rings. The maximum atomic E-state index is 12.0. The standard InChI is InChI=1S/C15H18N2OS/c1-11(9-12-7-8-19-10-12)17-15(18)14(16)13-5-3-2-4-6-13/h2-8,10-11,14H,9,16H2,1H3,(H,17,18). The van der Waals surface area contributed by atoms with Crippen molar-refractivity contribution in [2.24, 2.45) is 5.73 Å². The number of nitrogens with two attached hydrogens (primary N) is 1. The van der Waals surface area contributed by atoms with E-state index < -0.39 is 6.04 Å². The number of carbonyl (C=O) groups is 1. The highest BCUT2D eigenvalue weighted by Gasteiger charge is 2.17. The molecule has 1 amide bonds. The predicted octanol–water partition coefficient (Wildman–Crippen LogP) is 2.50. The lowest BCUT2D eigenvalue weighted by Crippen LogP contribution is -2.40. The molecule has 2 atom stereocenters. The summed E-state index contributed by atoms with van der Waals surface area (Å²) in [6.45, 7) is 1.99. The van der Waals surface area contributed by atoms with E-state index in [2.05, 4.69) is 16.8 Å². The lowest BCUT2D eigenvalue weighted by atomic mass is 10.1. The molecule has 2 rings (SSSR count). The molecule has 1 heterocycles. The maximum Gasteiger partial charge on any atom is 0.241 e. The molecule has 0 bridgehead atoms. The molecule has 0 saturated heterocycles. The van der Waals surface area contributed by atoms with E-state index in [4.69, 9.17) is 5.73 Å². The molecule has 2 aromatic rings. The van der Waals surface area contributed by atoms with Crippen molar-refractivity contribution in [1.82, 2.24) is 5.32 Å². The Balaban J connectivity index is 1.90. The number of rotatable bonds is 5. The van der Waals surface area contributed by atoms with E-state index in [-0.39, 0.29) is 11.9 Å². The Kier molecular flexibility index (Phi) is 4.71.